The summed E-state index contributed by atoms with van der Waals surface area (Å²) in [7, 11) is 1.60. The summed E-state index contributed by atoms with van der Waals surface area (Å²) in [4.78, 5) is 0. The maximum Gasteiger partial charge on any atom is 0.137 e. The predicted octanol–water partition coefficient (Wildman–Crippen LogP) is 2.55. The average Bonchev–Trinajstić information content (AvgIpc) is 2.71. The number of aryl methyl sites for hydroxylation is 1. The molecule has 0 saturated heterocycles. The minimum Gasteiger partial charge on any atom is -0.495 e. The second-order valence-corrected chi connectivity index (χ2v) is 4.47. The minimum absolute atomic E-state index is 0.571. The third kappa shape index (κ3) is 2.35. The predicted molar refractivity (Wildman–Crippen MR) is 73.1 cm³/mol. The van der Waals surface area contributed by atoms with Crippen molar-refractivity contribution in [3.8, 4) is 16.9 Å². The van der Waals surface area contributed by atoms with E-state index >= 15 is 0 Å². The van der Waals surface area contributed by atoms with Crippen LogP contribution in [0.4, 0.5) is 0 Å². The lowest BCUT2D eigenvalue weighted by Gasteiger charge is -2.07. The fourth-order valence-electron chi connectivity index (χ4n) is 2.00. The number of halogens is 1. The van der Waals surface area contributed by atoms with E-state index in [9.17, 15) is 0 Å². The van der Waals surface area contributed by atoms with Crippen LogP contribution >= 0.6 is 11.6 Å². The van der Waals surface area contributed by atoms with Gasteiger partial charge >= 0.3 is 0 Å². The van der Waals surface area contributed by atoms with Gasteiger partial charge in [-0.2, -0.15) is 5.10 Å². The summed E-state index contributed by atoms with van der Waals surface area (Å²) in [5.74, 6) is 0.668. The van der Waals surface area contributed by atoms with E-state index in [1.54, 1.807) is 7.11 Å². The van der Waals surface area contributed by atoms with Crippen LogP contribution in [0.5, 0.6) is 5.75 Å². The Balaban J connectivity index is 2.48. The van der Waals surface area contributed by atoms with Gasteiger partial charge in [-0.25, -0.2) is 0 Å². The van der Waals surface area contributed by atoms with Gasteiger partial charge in [0.05, 0.1) is 17.8 Å². The Morgan fingerprint density at radius 2 is 2.22 bits per heavy atom. The molecule has 5 heteroatoms. The molecule has 0 spiro atoms. The van der Waals surface area contributed by atoms with Crippen molar-refractivity contribution in [2.45, 2.75) is 13.3 Å². The van der Waals surface area contributed by atoms with Crippen LogP contribution in [0.2, 0.25) is 5.02 Å². The maximum absolute atomic E-state index is 6.15. The fourth-order valence-corrected chi connectivity index (χ4v) is 2.26. The van der Waals surface area contributed by atoms with E-state index in [1.807, 2.05) is 25.1 Å². The topological polar surface area (TPSA) is 63.9 Å². The lowest BCUT2D eigenvalue weighted by molar-refractivity contribution is 0.415. The number of rotatable bonds is 4. The zero-order valence-corrected chi connectivity index (χ0v) is 11.2. The first-order chi connectivity index (χ1) is 8.67. The van der Waals surface area contributed by atoms with Crippen molar-refractivity contribution < 1.29 is 4.74 Å². The summed E-state index contributed by atoms with van der Waals surface area (Å²) < 4.78 is 5.15. The zero-order chi connectivity index (χ0) is 13.1. The summed E-state index contributed by atoms with van der Waals surface area (Å²) in [6.45, 7) is 2.56. The average molecular weight is 266 g/mol. The van der Waals surface area contributed by atoms with Crippen LogP contribution in [-0.4, -0.2) is 23.9 Å². The van der Waals surface area contributed by atoms with E-state index in [1.165, 1.54) is 0 Å². The number of aromatic amines is 1. The Bertz CT molecular complexity index is 551. The molecule has 0 unspecified atom stereocenters. The molecule has 2 rings (SSSR count). The van der Waals surface area contributed by atoms with Crippen molar-refractivity contribution in [2.75, 3.05) is 13.7 Å². The molecule has 0 fully saturated rings. The van der Waals surface area contributed by atoms with Gasteiger partial charge in [-0.3, -0.25) is 5.10 Å². The number of H-pyrrole nitrogens is 1. The maximum atomic E-state index is 6.15. The molecule has 4 nitrogen and oxygen atoms in total. The molecule has 0 amide bonds. The Morgan fingerprint density at radius 1 is 1.44 bits per heavy atom. The normalized spacial score (nSPS) is 10.7. The van der Waals surface area contributed by atoms with Crippen LogP contribution in [0.1, 0.15) is 11.4 Å². The third-order valence-electron chi connectivity index (χ3n) is 2.84. The second kappa shape index (κ2) is 5.42. The minimum atomic E-state index is 0.571. The summed E-state index contributed by atoms with van der Waals surface area (Å²) >= 11 is 6.15. The second-order valence-electron chi connectivity index (χ2n) is 4.06. The zero-order valence-electron chi connectivity index (χ0n) is 10.5. The van der Waals surface area contributed by atoms with Gasteiger partial charge < -0.3 is 10.5 Å². The SMILES string of the molecule is COc1ccc(-c2c(CCN)n[nH]c2C)cc1Cl. The van der Waals surface area contributed by atoms with E-state index in [0.717, 1.165) is 28.9 Å². The highest BCUT2D eigenvalue weighted by Crippen LogP contribution is 2.32. The summed E-state index contributed by atoms with van der Waals surface area (Å²) in [6.07, 6.45) is 0.739. The number of nitrogens with two attached hydrogens (primary N) is 1. The van der Waals surface area contributed by atoms with E-state index in [0.29, 0.717) is 17.3 Å². The lowest BCUT2D eigenvalue weighted by atomic mass is 10.0. The third-order valence-corrected chi connectivity index (χ3v) is 3.14. The molecule has 0 bridgehead atoms. The molecule has 1 aromatic heterocycles. The number of aromatic nitrogens is 2. The summed E-state index contributed by atoms with van der Waals surface area (Å²) in [5.41, 5.74) is 9.67. The highest BCUT2D eigenvalue weighted by atomic mass is 35.5. The Morgan fingerprint density at radius 3 is 2.83 bits per heavy atom. The number of hydrogen-bond acceptors (Lipinski definition) is 3. The molecule has 3 N–H and O–H groups in total. The molecule has 0 aliphatic rings. The number of ether oxygens (including phenoxy) is 1. The van der Waals surface area contributed by atoms with E-state index in [2.05, 4.69) is 10.2 Å². The van der Waals surface area contributed by atoms with Crippen LogP contribution in [0.15, 0.2) is 18.2 Å². The van der Waals surface area contributed by atoms with Gasteiger partial charge in [-0.15, -0.1) is 0 Å². The first kappa shape index (κ1) is 12.9. The summed E-state index contributed by atoms with van der Waals surface area (Å²) in [5, 5.41) is 7.86. The van der Waals surface area contributed by atoms with E-state index in [-0.39, 0.29) is 0 Å². The van der Waals surface area contributed by atoms with Crippen LogP contribution < -0.4 is 10.5 Å². The van der Waals surface area contributed by atoms with Gasteiger partial charge in [0.25, 0.3) is 0 Å². The van der Waals surface area contributed by atoms with Gasteiger partial charge in [0.1, 0.15) is 5.75 Å². The van der Waals surface area contributed by atoms with Crippen molar-refractivity contribution in [1.29, 1.82) is 0 Å². The van der Waals surface area contributed by atoms with Crippen molar-refractivity contribution in [1.82, 2.24) is 10.2 Å². The highest BCUT2D eigenvalue weighted by Gasteiger charge is 2.13. The van der Waals surface area contributed by atoms with E-state index < -0.39 is 0 Å². The van der Waals surface area contributed by atoms with Crippen LogP contribution in [0, 0.1) is 6.92 Å². The molecule has 2 aromatic rings. The number of methoxy groups -OCH3 is 1. The quantitative estimate of drug-likeness (QED) is 0.893. The van der Waals surface area contributed by atoms with Gasteiger partial charge in [0.2, 0.25) is 0 Å². The molecule has 1 aromatic carbocycles. The number of hydrogen-bond donors (Lipinski definition) is 2. The van der Waals surface area contributed by atoms with Gasteiger partial charge in [-0.1, -0.05) is 17.7 Å². The Labute approximate surface area is 111 Å². The van der Waals surface area contributed by atoms with Crippen LogP contribution in [-0.2, 0) is 6.42 Å². The largest absolute Gasteiger partial charge is 0.495 e. The van der Waals surface area contributed by atoms with Crippen molar-refractivity contribution in [3.63, 3.8) is 0 Å². The smallest absolute Gasteiger partial charge is 0.137 e. The molecule has 0 aliphatic carbocycles. The van der Waals surface area contributed by atoms with Crippen molar-refractivity contribution in [2.24, 2.45) is 5.73 Å². The molecule has 1 heterocycles. The van der Waals surface area contributed by atoms with Crippen molar-refractivity contribution in [3.05, 3.63) is 34.6 Å². The Kier molecular flexibility index (Phi) is 3.89. The van der Waals surface area contributed by atoms with E-state index in [4.69, 9.17) is 22.1 Å². The van der Waals surface area contributed by atoms with Crippen molar-refractivity contribution >= 4 is 11.6 Å². The molecule has 0 aliphatic heterocycles. The number of nitrogens with one attached hydrogen (secondary N) is 1. The lowest BCUT2D eigenvalue weighted by Crippen LogP contribution is -2.04. The molecule has 0 radical (unpaired) electrons. The van der Waals surface area contributed by atoms with Gasteiger partial charge in [0.15, 0.2) is 0 Å². The Hall–Kier alpha value is -1.52. The van der Waals surface area contributed by atoms with Gasteiger partial charge in [0, 0.05) is 17.7 Å². The summed E-state index contributed by atoms with van der Waals surface area (Å²) in [6, 6.07) is 5.72. The standard InChI is InChI=1S/C13H16ClN3O/c1-8-13(11(5-6-15)17-16-8)9-3-4-12(18-2)10(14)7-9/h3-4,7H,5-6,15H2,1-2H3,(H,16,17). The molecule has 0 atom stereocenters. The first-order valence-corrected chi connectivity index (χ1v) is 6.13. The number of nitrogens with zero attached hydrogens (tertiary/aromatic N) is 1. The molecule has 18 heavy (non-hydrogen) atoms. The van der Waals surface area contributed by atoms with Crippen LogP contribution in [0.25, 0.3) is 11.1 Å². The molecular weight excluding hydrogens is 250 g/mol. The molecular formula is C13H16ClN3O. The monoisotopic (exact) mass is 265 g/mol. The van der Waals surface area contributed by atoms with Gasteiger partial charge in [-0.05, 0) is 31.2 Å². The first-order valence-electron chi connectivity index (χ1n) is 5.75. The van der Waals surface area contributed by atoms with Crippen LogP contribution in [0.3, 0.4) is 0 Å². The molecule has 96 valence electrons. The number of benzene rings is 1. The highest BCUT2D eigenvalue weighted by molar-refractivity contribution is 6.32. The fraction of sp³-hybridized carbons (Fsp3) is 0.308. The molecule has 0 saturated carbocycles.